The first-order chi connectivity index (χ1) is 10.6. The van der Waals surface area contributed by atoms with Crippen LogP contribution in [0.2, 0.25) is 0 Å². The predicted molar refractivity (Wildman–Crippen MR) is 86.5 cm³/mol. The van der Waals surface area contributed by atoms with Crippen molar-refractivity contribution in [3.05, 3.63) is 59.7 Å². The van der Waals surface area contributed by atoms with Gasteiger partial charge in [-0.2, -0.15) is 0 Å². The van der Waals surface area contributed by atoms with Crippen molar-refractivity contribution in [3.8, 4) is 0 Å². The van der Waals surface area contributed by atoms with Crippen molar-refractivity contribution in [1.29, 1.82) is 0 Å². The average Bonchev–Trinajstić information content (AvgIpc) is 2.49. The highest BCUT2D eigenvalue weighted by Crippen LogP contribution is 2.13. The number of carboxylic acids is 1. The van der Waals surface area contributed by atoms with Crippen LogP contribution in [0, 0.1) is 0 Å². The number of aryl methyl sites for hydroxylation is 1. The summed E-state index contributed by atoms with van der Waals surface area (Å²) in [6, 6.07) is 13.3. The Morgan fingerprint density at radius 2 is 1.68 bits per heavy atom. The molecule has 22 heavy (non-hydrogen) atoms. The number of carbonyl (C=O) groups is 2. The van der Waals surface area contributed by atoms with Gasteiger partial charge in [-0.05, 0) is 42.3 Å². The zero-order valence-electron chi connectivity index (χ0n) is 12.3. The Kier molecular flexibility index (Phi) is 5.14. The molecule has 0 fully saturated rings. The van der Waals surface area contributed by atoms with Crippen molar-refractivity contribution in [1.82, 2.24) is 0 Å². The molecule has 0 atom stereocenters. The van der Waals surface area contributed by atoms with Gasteiger partial charge in [0.15, 0.2) is 0 Å². The Balaban J connectivity index is 1.97. The van der Waals surface area contributed by atoms with Crippen LogP contribution < -0.4 is 10.6 Å². The lowest BCUT2D eigenvalue weighted by molar-refractivity contribution is 0.0697. The fourth-order valence-electron chi connectivity index (χ4n) is 2.07. The van der Waals surface area contributed by atoms with Gasteiger partial charge in [0, 0.05) is 11.4 Å². The summed E-state index contributed by atoms with van der Waals surface area (Å²) < 4.78 is 0. The number of hydrogen-bond acceptors (Lipinski definition) is 2. The van der Waals surface area contributed by atoms with Crippen molar-refractivity contribution >= 4 is 23.4 Å². The second-order valence-electron chi connectivity index (χ2n) is 4.91. The molecule has 0 aliphatic rings. The first-order valence-electron chi connectivity index (χ1n) is 7.09. The predicted octanol–water partition coefficient (Wildman–Crippen LogP) is 3.98. The van der Waals surface area contributed by atoms with Crippen LogP contribution in [-0.2, 0) is 6.42 Å². The van der Waals surface area contributed by atoms with Crippen LogP contribution in [0.1, 0.15) is 29.3 Å². The lowest BCUT2D eigenvalue weighted by atomic mass is 10.1. The van der Waals surface area contributed by atoms with Gasteiger partial charge >= 0.3 is 12.0 Å². The zero-order chi connectivity index (χ0) is 15.9. The molecule has 2 aromatic rings. The van der Waals surface area contributed by atoms with E-state index in [1.165, 1.54) is 17.7 Å². The largest absolute Gasteiger partial charge is 0.478 e. The van der Waals surface area contributed by atoms with Crippen molar-refractivity contribution in [2.45, 2.75) is 19.8 Å². The lowest BCUT2D eigenvalue weighted by Crippen LogP contribution is -2.19. The molecule has 0 saturated heterocycles. The minimum Gasteiger partial charge on any atom is -0.478 e. The van der Waals surface area contributed by atoms with Gasteiger partial charge in [0.2, 0.25) is 0 Å². The third-order valence-corrected chi connectivity index (χ3v) is 3.12. The second kappa shape index (κ2) is 7.26. The molecule has 2 aromatic carbocycles. The highest BCUT2D eigenvalue weighted by molar-refractivity contribution is 6.00. The number of anilines is 2. The molecule has 0 bridgehead atoms. The molecule has 0 aliphatic heterocycles. The number of aromatic carboxylic acids is 1. The number of carbonyl (C=O) groups excluding carboxylic acids is 1. The van der Waals surface area contributed by atoms with Crippen molar-refractivity contribution in [2.24, 2.45) is 0 Å². The summed E-state index contributed by atoms with van der Waals surface area (Å²) in [7, 11) is 0. The van der Waals surface area contributed by atoms with Gasteiger partial charge in [0.1, 0.15) is 0 Å². The summed E-state index contributed by atoms with van der Waals surface area (Å²) in [5, 5.41) is 14.2. The van der Waals surface area contributed by atoms with E-state index < -0.39 is 12.0 Å². The van der Waals surface area contributed by atoms with E-state index in [0.717, 1.165) is 12.8 Å². The van der Waals surface area contributed by atoms with Crippen LogP contribution in [0.3, 0.4) is 0 Å². The topological polar surface area (TPSA) is 78.4 Å². The number of carboxylic acid groups (broad SMARTS) is 1. The molecule has 0 saturated carbocycles. The van der Waals surface area contributed by atoms with Crippen molar-refractivity contribution < 1.29 is 14.7 Å². The van der Waals surface area contributed by atoms with E-state index >= 15 is 0 Å². The highest BCUT2D eigenvalue weighted by Gasteiger charge is 2.06. The van der Waals surface area contributed by atoms with Gasteiger partial charge in [-0.15, -0.1) is 0 Å². The Morgan fingerprint density at radius 1 is 1.00 bits per heavy atom. The van der Waals surface area contributed by atoms with Crippen molar-refractivity contribution in [2.75, 3.05) is 10.6 Å². The summed E-state index contributed by atoms with van der Waals surface area (Å²) >= 11 is 0. The van der Waals surface area contributed by atoms with Crippen LogP contribution in [0.15, 0.2) is 48.5 Å². The number of rotatable bonds is 5. The second-order valence-corrected chi connectivity index (χ2v) is 4.91. The first-order valence-corrected chi connectivity index (χ1v) is 7.09. The molecule has 5 heteroatoms. The normalized spacial score (nSPS) is 10.0. The molecule has 2 rings (SSSR count). The van der Waals surface area contributed by atoms with E-state index in [4.69, 9.17) is 5.11 Å². The molecular weight excluding hydrogens is 280 g/mol. The van der Waals surface area contributed by atoms with Gasteiger partial charge in [0.25, 0.3) is 0 Å². The molecule has 0 radical (unpaired) electrons. The molecule has 0 aliphatic carbocycles. The Morgan fingerprint density at radius 3 is 2.32 bits per heavy atom. The van der Waals surface area contributed by atoms with Crippen LogP contribution in [-0.4, -0.2) is 17.1 Å². The molecule has 0 aromatic heterocycles. The minimum atomic E-state index is -1.03. The maximum atomic E-state index is 11.9. The summed E-state index contributed by atoms with van der Waals surface area (Å²) in [5.74, 6) is -1.03. The van der Waals surface area contributed by atoms with E-state index in [-0.39, 0.29) is 5.56 Å². The maximum Gasteiger partial charge on any atom is 0.335 e. The number of hydrogen-bond donors (Lipinski definition) is 3. The summed E-state index contributed by atoms with van der Waals surface area (Å²) in [4.78, 5) is 22.8. The number of urea groups is 1. The molecule has 114 valence electrons. The van der Waals surface area contributed by atoms with E-state index in [1.807, 2.05) is 24.3 Å². The molecular formula is C17H18N2O3. The highest BCUT2D eigenvalue weighted by atomic mass is 16.4. The van der Waals surface area contributed by atoms with E-state index in [1.54, 1.807) is 12.1 Å². The first kappa shape index (κ1) is 15.6. The third kappa shape index (κ3) is 4.34. The molecule has 2 amide bonds. The summed E-state index contributed by atoms with van der Waals surface area (Å²) in [6.45, 7) is 2.12. The Labute approximate surface area is 129 Å². The smallest absolute Gasteiger partial charge is 0.335 e. The monoisotopic (exact) mass is 298 g/mol. The van der Waals surface area contributed by atoms with Crippen LogP contribution in [0.4, 0.5) is 16.2 Å². The SMILES string of the molecule is CCCc1ccc(NC(=O)Nc2cccc(C(=O)O)c2)cc1. The van der Waals surface area contributed by atoms with Crippen LogP contribution in [0.25, 0.3) is 0 Å². The van der Waals surface area contributed by atoms with Crippen LogP contribution in [0.5, 0.6) is 0 Å². The Bertz CT molecular complexity index is 666. The van der Waals surface area contributed by atoms with E-state index in [2.05, 4.69) is 17.6 Å². The zero-order valence-corrected chi connectivity index (χ0v) is 12.3. The quantitative estimate of drug-likeness (QED) is 0.781. The summed E-state index contributed by atoms with van der Waals surface area (Å²) in [5.41, 5.74) is 2.47. The van der Waals surface area contributed by atoms with Gasteiger partial charge in [-0.1, -0.05) is 31.5 Å². The fraction of sp³-hybridized carbons (Fsp3) is 0.176. The van der Waals surface area contributed by atoms with Gasteiger partial charge in [-0.3, -0.25) is 0 Å². The van der Waals surface area contributed by atoms with Gasteiger partial charge < -0.3 is 15.7 Å². The summed E-state index contributed by atoms with van der Waals surface area (Å²) in [6.07, 6.45) is 2.08. The number of nitrogens with one attached hydrogen (secondary N) is 2. The minimum absolute atomic E-state index is 0.127. The van der Waals surface area contributed by atoms with Gasteiger partial charge in [0.05, 0.1) is 5.56 Å². The fourth-order valence-corrected chi connectivity index (χ4v) is 2.07. The molecule has 0 heterocycles. The Hall–Kier alpha value is -2.82. The molecule has 0 unspecified atom stereocenters. The standard InChI is InChI=1S/C17H18N2O3/c1-2-4-12-7-9-14(10-8-12)18-17(22)19-15-6-3-5-13(11-15)16(20)21/h3,5-11H,2,4H2,1H3,(H,20,21)(H2,18,19,22). The van der Waals surface area contributed by atoms with E-state index in [9.17, 15) is 9.59 Å². The maximum absolute atomic E-state index is 11.9. The van der Waals surface area contributed by atoms with Crippen molar-refractivity contribution in [3.63, 3.8) is 0 Å². The molecule has 3 N–H and O–H groups in total. The van der Waals surface area contributed by atoms with E-state index in [0.29, 0.717) is 11.4 Å². The lowest BCUT2D eigenvalue weighted by Gasteiger charge is -2.09. The number of amides is 2. The molecule has 0 spiro atoms. The number of benzene rings is 2. The third-order valence-electron chi connectivity index (χ3n) is 3.12. The van der Waals surface area contributed by atoms with Crippen LogP contribution >= 0.6 is 0 Å². The average molecular weight is 298 g/mol. The van der Waals surface area contributed by atoms with Gasteiger partial charge in [-0.25, -0.2) is 9.59 Å². The molecule has 5 nitrogen and oxygen atoms in total.